The molecule has 0 unspecified atom stereocenters. The minimum Gasteiger partial charge on any atom is -0.465 e. The fourth-order valence-electron chi connectivity index (χ4n) is 2.36. The number of halogens is 1. The van der Waals surface area contributed by atoms with Crippen LogP contribution in [-0.4, -0.2) is 33.0 Å². The van der Waals surface area contributed by atoms with Gasteiger partial charge < -0.3 is 4.74 Å². The van der Waals surface area contributed by atoms with Gasteiger partial charge in [0.05, 0.1) is 28.3 Å². The number of benzene rings is 2. The van der Waals surface area contributed by atoms with E-state index >= 15 is 0 Å². The normalized spacial score (nSPS) is 11.0. The molecular formula is C16H15ClN2O6S. The quantitative estimate of drug-likeness (QED) is 0.420. The van der Waals surface area contributed by atoms with Gasteiger partial charge in [-0.2, -0.15) is 0 Å². The molecule has 0 amide bonds. The van der Waals surface area contributed by atoms with E-state index in [0.29, 0.717) is 0 Å². The first-order valence-electron chi connectivity index (χ1n) is 7.38. The van der Waals surface area contributed by atoms with E-state index < -0.39 is 31.5 Å². The van der Waals surface area contributed by atoms with E-state index in [1.54, 1.807) is 6.92 Å². The zero-order valence-electron chi connectivity index (χ0n) is 13.9. The van der Waals surface area contributed by atoms with Crippen LogP contribution in [0.3, 0.4) is 0 Å². The summed E-state index contributed by atoms with van der Waals surface area (Å²) >= 11 is 6.12. The van der Waals surface area contributed by atoms with E-state index in [2.05, 4.69) is 4.74 Å². The molecule has 10 heteroatoms. The number of nitro benzene ring substituents is 1. The summed E-state index contributed by atoms with van der Waals surface area (Å²) in [5.74, 6) is -0.665. The molecule has 8 nitrogen and oxygen atoms in total. The number of anilines is 1. The topological polar surface area (TPSA) is 107 Å². The lowest BCUT2D eigenvalue weighted by Crippen LogP contribution is -2.31. The predicted molar refractivity (Wildman–Crippen MR) is 96.1 cm³/mol. The summed E-state index contributed by atoms with van der Waals surface area (Å²) in [5.41, 5.74) is -0.426. The van der Waals surface area contributed by atoms with E-state index in [9.17, 15) is 23.3 Å². The number of nitro groups is 1. The third-order valence-corrected chi connectivity index (χ3v) is 5.81. The molecule has 0 aliphatic heterocycles. The fraction of sp³-hybridized carbons (Fsp3) is 0.188. The molecule has 0 saturated heterocycles. The van der Waals surface area contributed by atoms with Gasteiger partial charge in [0, 0.05) is 12.6 Å². The van der Waals surface area contributed by atoms with Crippen LogP contribution in [0.15, 0.2) is 47.4 Å². The Hall–Kier alpha value is -2.65. The summed E-state index contributed by atoms with van der Waals surface area (Å²) in [4.78, 5) is 21.7. The van der Waals surface area contributed by atoms with Crippen molar-refractivity contribution in [1.29, 1.82) is 0 Å². The van der Waals surface area contributed by atoms with E-state index in [-0.39, 0.29) is 22.8 Å². The molecular weight excluding hydrogens is 384 g/mol. The highest BCUT2D eigenvalue weighted by Gasteiger charge is 2.32. The Labute approximate surface area is 155 Å². The second kappa shape index (κ2) is 7.71. The SMILES string of the molecule is CCN(c1cc(C(=O)OC)ccc1Cl)S(=O)(=O)c1ccccc1[N+](=O)[O-]. The average molecular weight is 399 g/mol. The average Bonchev–Trinajstić information content (AvgIpc) is 2.62. The lowest BCUT2D eigenvalue weighted by atomic mass is 10.2. The van der Waals surface area contributed by atoms with E-state index in [0.717, 1.165) is 16.4 Å². The number of rotatable bonds is 6. The number of para-hydroxylation sites is 1. The Morgan fingerprint density at radius 2 is 1.92 bits per heavy atom. The van der Waals surface area contributed by atoms with Crippen molar-refractivity contribution < 1.29 is 22.9 Å². The second-order valence-corrected chi connectivity index (χ2v) is 7.29. The number of sulfonamides is 1. The lowest BCUT2D eigenvalue weighted by molar-refractivity contribution is -0.387. The van der Waals surface area contributed by atoms with Crippen LogP contribution in [0.4, 0.5) is 11.4 Å². The van der Waals surface area contributed by atoms with Gasteiger partial charge in [-0.3, -0.25) is 14.4 Å². The Morgan fingerprint density at radius 1 is 1.27 bits per heavy atom. The van der Waals surface area contributed by atoms with Gasteiger partial charge in [-0.15, -0.1) is 0 Å². The van der Waals surface area contributed by atoms with Gasteiger partial charge in [0.15, 0.2) is 4.90 Å². The minimum atomic E-state index is -4.30. The van der Waals surface area contributed by atoms with Crippen LogP contribution in [0.25, 0.3) is 0 Å². The summed E-state index contributed by atoms with van der Waals surface area (Å²) in [7, 11) is -3.10. The Balaban J connectivity index is 2.65. The summed E-state index contributed by atoms with van der Waals surface area (Å²) in [6, 6.07) is 9.04. The van der Waals surface area contributed by atoms with Gasteiger partial charge >= 0.3 is 5.97 Å². The van der Waals surface area contributed by atoms with Crippen LogP contribution in [0.2, 0.25) is 5.02 Å². The van der Waals surface area contributed by atoms with Crippen molar-refractivity contribution in [3.8, 4) is 0 Å². The van der Waals surface area contributed by atoms with Gasteiger partial charge in [0.1, 0.15) is 0 Å². The van der Waals surface area contributed by atoms with Crippen molar-refractivity contribution >= 4 is 39.0 Å². The largest absolute Gasteiger partial charge is 0.465 e. The molecule has 2 rings (SSSR count). The molecule has 0 N–H and O–H groups in total. The number of carbonyl (C=O) groups excluding carboxylic acids is 1. The summed E-state index contributed by atoms with van der Waals surface area (Å²) in [6.07, 6.45) is 0. The standard InChI is InChI=1S/C16H15ClN2O6S/c1-3-18(14-10-11(16(20)25-2)8-9-12(14)17)26(23,24)15-7-5-4-6-13(15)19(21)22/h4-10H,3H2,1-2H3. The van der Waals surface area contributed by atoms with Crippen LogP contribution in [0.1, 0.15) is 17.3 Å². The molecule has 0 aliphatic rings. The van der Waals surface area contributed by atoms with Crippen molar-refractivity contribution in [1.82, 2.24) is 0 Å². The Kier molecular flexibility index (Phi) is 5.83. The molecule has 0 heterocycles. The van der Waals surface area contributed by atoms with Crippen molar-refractivity contribution in [2.75, 3.05) is 18.0 Å². The van der Waals surface area contributed by atoms with Crippen LogP contribution in [0.5, 0.6) is 0 Å². The molecule has 0 fully saturated rings. The van der Waals surface area contributed by atoms with Crippen LogP contribution in [-0.2, 0) is 14.8 Å². The number of hydrogen-bond acceptors (Lipinski definition) is 6. The molecule has 26 heavy (non-hydrogen) atoms. The molecule has 0 aromatic heterocycles. The van der Waals surface area contributed by atoms with Gasteiger partial charge in [-0.1, -0.05) is 23.7 Å². The monoisotopic (exact) mass is 398 g/mol. The maximum absolute atomic E-state index is 13.0. The van der Waals surface area contributed by atoms with Crippen LogP contribution in [0, 0.1) is 10.1 Å². The molecule has 0 spiro atoms. The van der Waals surface area contributed by atoms with Gasteiger partial charge in [-0.25, -0.2) is 13.2 Å². The van der Waals surface area contributed by atoms with Crippen molar-refractivity contribution in [2.45, 2.75) is 11.8 Å². The molecule has 0 aliphatic carbocycles. The third-order valence-electron chi connectivity index (χ3n) is 3.55. The number of hydrogen-bond donors (Lipinski definition) is 0. The Morgan fingerprint density at radius 3 is 2.50 bits per heavy atom. The van der Waals surface area contributed by atoms with E-state index in [1.165, 1.54) is 37.4 Å². The zero-order chi connectivity index (χ0) is 19.5. The summed E-state index contributed by atoms with van der Waals surface area (Å²) in [5, 5.41) is 11.3. The van der Waals surface area contributed by atoms with Crippen molar-refractivity contribution in [3.63, 3.8) is 0 Å². The summed E-state index contributed by atoms with van der Waals surface area (Å²) < 4.78 is 31.6. The first kappa shape index (κ1) is 19.7. The summed E-state index contributed by atoms with van der Waals surface area (Å²) in [6.45, 7) is 1.49. The molecule has 0 radical (unpaired) electrons. The van der Waals surface area contributed by atoms with Crippen LogP contribution < -0.4 is 4.31 Å². The highest BCUT2D eigenvalue weighted by molar-refractivity contribution is 7.93. The van der Waals surface area contributed by atoms with E-state index in [1.807, 2.05) is 0 Å². The molecule has 2 aromatic carbocycles. The predicted octanol–water partition coefficient (Wildman–Crippen LogP) is 3.25. The lowest BCUT2D eigenvalue weighted by Gasteiger charge is -2.24. The maximum Gasteiger partial charge on any atom is 0.337 e. The Bertz CT molecular complexity index is 961. The number of methoxy groups -OCH3 is 1. The smallest absolute Gasteiger partial charge is 0.337 e. The fourth-order valence-corrected chi connectivity index (χ4v) is 4.28. The molecule has 2 aromatic rings. The van der Waals surface area contributed by atoms with E-state index in [4.69, 9.17) is 11.6 Å². The molecule has 0 saturated carbocycles. The zero-order valence-corrected chi connectivity index (χ0v) is 15.5. The minimum absolute atomic E-state index is 0.0233. The van der Waals surface area contributed by atoms with Gasteiger partial charge in [0.25, 0.3) is 15.7 Å². The number of nitrogens with zero attached hydrogens (tertiary/aromatic N) is 2. The highest BCUT2D eigenvalue weighted by Crippen LogP contribution is 2.34. The second-order valence-electron chi connectivity index (χ2n) is 5.05. The van der Waals surface area contributed by atoms with Crippen LogP contribution >= 0.6 is 11.6 Å². The third kappa shape index (κ3) is 3.63. The van der Waals surface area contributed by atoms with Crippen molar-refractivity contribution in [2.24, 2.45) is 0 Å². The first-order chi connectivity index (χ1) is 12.2. The number of carbonyl (C=O) groups is 1. The molecule has 0 bridgehead atoms. The maximum atomic E-state index is 13.0. The van der Waals surface area contributed by atoms with Gasteiger partial charge in [0.2, 0.25) is 0 Å². The molecule has 138 valence electrons. The number of ether oxygens (including phenoxy) is 1. The van der Waals surface area contributed by atoms with Crippen molar-refractivity contribution in [3.05, 3.63) is 63.2 Å². The molecule has 0 atom stereocenters. The first-order valence-corrected chi connectivity index (χ1v) is 9.19. The van der Waals surface area contributed by atoms with Gasteiger partial charge in [-0.05, 0) is 31.2 Å². The highest BCUT2D eigenvalue weighted by atomic mass is 35.5. The number of esters is 1.